The fraction of sp³-hybridized carbons (Fsp3) is 0.154. The number of alkyl halides is 3. The fourth-order valence-electron chi connectivity index (χ4n) is 1.48. The van der Waals surface area contributed by atoms with E-state index in [1.54, 1.807) is 5.32 Å². The van der Waals surface area contributed by atoms with Crippen LogP contribution in [0.1, 0.15) is 15.9 Å². The molecule has 0 amide bonds. The molecule has 0 spiro atoms. The van der Waals surface area contributed by atoms with Gasteiger partial charge < -0.3 is 5.32 Å². The summed E-state index contributed by atoms with van der Waals surface area (Å²) in [5.41, 5.74) is -3.23. The smallest absolute Gasteiger partial charge is 0.384 e. The lowest BCUT2D eigenvalue weighted by atomic mass is 10.0. The number of hydrogen-bond donors (Lipinski definition) is 2. The number of benzene rings is 1. The number of allylic oxidation sites excluding steroid dienone is 2. The van der Waals surface area contributed by atoms with Crippen molar-refractivity contribution in [1.29, 1.82) is 5.41 Å². The van der Waals surface area contributed by atoms with Crippen LogP contribution in [-0.4, -0.2) is 31.0 Å². The normalized spacial score (nSPS) is 12.0. The molecule has 0 aliphatic heterocycles. The molecule has 22 heavy (non-hydrogen) atoms. The minimum Gasteiger partial charge on any atom is -0.384 e. The zero-order chi connectivity index (χ0) is 17.1. The van der Waals surface area contributed by atoms with Crippen molar-refractivity contribution in [3.63, 3.8) is 0 Å². The first kappa shape index (κ1) is 17.8. The van der Waals surface area contributed by atoms with Gasteiger partial charge in [-0.2, -0.15) is 13.2 Å². The molecule has 0 aliphatic carbocycles. The molecule has 0 aromatic heterocycles. The van der Waals surface area contributed by atoms with Crippen molar-refractivity contribution in [2.45, 2.75) is 6.18 Å². The predicted molar refractivity (Wildman–Crippen MR) is 71.8 cm³/mol. The van der Waals surface area contributed by atoms with Gasteiger partial charge in [-0.25, -0.2) is 4.39 Å². The highest BCUT2D eigenvalue weighted by Gasteiger charge is 2.34. The van der Waals surface area contributed by atoms with Gasteiger partial charge >= 0.3 is 6.18 Å². The SMILES string of the molecule is CN/C(=C\C(=O)C(=N)c1cc(C=O)c(Cl)cc1F)C(F)(F)F. The third kappa shape index (κ3) is 3.91. The third-order valence-electron chi connectivity index (χ3n) is 2.58. The Bertz CT molecular complexity index is 669. The first-order chi connectivity index (χ1) is 10.1. The maximum Gasteiger partial charge on any atom is 0.431 e. The summed E-state index contributed by atoms with van der Waals surface area (Å²) in [4.78, 5) is 22.4. The Balaban J connectivity index is 3.24. The Hall–Kier alpha value is -2.22. The second-order valence-corrected chi connectivity index (χ2v) is 4.42. The van der Waals surface area contributed by atoms with Crippen LogP contribution in [0.4, 0.5) is 17.6 Å². The lowest BCUT2D eigenvalue weighted by Gasteiger charge is -2.11. The van der Waals surface area contributed by atoms with E-state index in [1.807, 2.05) is 0 Å². The summed E-state index contributed by atoms with van der Waals surface area (Å²) in [5.74, 6) is -2.47. The van der Waals surface area contributed by atoms with Crippen LogP contribution in [0.15, 0.2) is 23.9 Å². The summed E-state index contributed by atoms with van der Waals surface area (Å²) in [5, 5.41) is 9.04. The summed E-state index contributed by atoms with van der Waals surface area (Å²) in [6, 6.07) is 1.53. The van der Waals surface area contributed by atoms with Crippen LogP contribution in [0.5, 0.6) is 0 Å². The molecular weight excluding hydrogens is 328 g/mol. The molecule has 0 saturated heterocycles. The van der Waals surface area contributed by atoms with E-state index in [2.05, 4.69) is 0 Å². The first-order valence-corrected chi connectivity index (χ1v) is 6.03. The minimum atomic E-state index is -4.82. The number of hydrogen-bond acceptors (Lipinski definition) is 4. The van der Waals surface area contributed by atoms with E-state index in [0.29, 0.717) is 6.07 Å². The van der Waals surface area contributed by atoms with Crippen molar-refractivity contribution < 1.29 is 27.2 Å². The van der Waals surface area contributed by atoms with E-state index < -0.39 is 34.7 Å². The zero-order valence-electron chi connectivity index (χ0n) is 11.0. The summed E-state index contributed by atoms with van der Waals surface area (Å²) in [7, 11) is 0.948. The van der Waals surface area contributed by atoms with Gasteiger partial charge in [-0.15, -0.1) is 0 Å². The number of aldehydes is 1. The number of halogens is 5. The van der Waals surface area contributed by atoms with Gasteiger partial charge in [-0.05, 0) is 12.1 Å². The Morgan fingerprint density at radius 1 is 1.36 bits per heavy atom. The predicted octanol–water partition coefficient (Wildman–Crippen LogP) is 2.89. The molecule has 0 radical (unpaired) electrons. The van der Waals surface area contributed by atoms with Gasteiger partial charge in [0.2, 0.25) is 5.78 Å². The molecule has 0 aliphatic rings. The Morgan fingerprint density at radius 3 is 2.41 bits per heavy atom. The fourth-order valence-corrected chi connectivity index (χ4v) is 1.67. The summed E-state index contributed by atoms with van der Waals surface area (Å²) in [6.07, 6.45) is -4.41. The molecule has 9 heteroatoms. The van der Waals surface area contributed by atoms with Crippen molar-refractivity contribution >= 4 is 29.4 Å². The molecule has 1 aromatic carbocycles. The third-order valence-corrected chi connectivity index (χ3v) is 2.91. The van der Waals surface area contributed by atoms with Gasteiger partial charge in [0.1, 0.15) is 17.2 Å². The van der Waals surface area contributed by atoms with Crippen LogP contribution in [0.2, 0.25) is 5.02 Å². The maximum atomic E-state index is 13.7. The monoisotopic (exact) mass is 336 g/mol. The Labute approximate surface area is 127 Å². The molecule has 1 aromatic rings. The average molecular weight is 337 g/mol. The van der Waals surface area contributed by atoms with Gasteiger partial charge in [0.25, 0.3) is 0 Å². The lowest BCUT2D eigenvalue weighted by molar-refractivity contribution is -0.111. The van der Waals surface area contributed by atoms with E-state index in [1.165, 1.54) is 0 Å². The summed E-state index contributed by atoms with van der Waals surface area (Å²) >= 11 is 5.56. The average Bonchev–Trinajstić information content (AvgIpc) is 2.42. The summed E-state index contributed by atoms with van der Waals surface area (Å²) < 4.78 is 51.2. The van der Waals surface area contributed by atoms with Crippen molar-refractivity contribution in [3.8, 4) is 0 Å². The van der Waals surface area contributed by atoms with E-state index in [9.17, 15) is 27.2 Å². The molecule has 4 nitrogen and oxygen atoms in total. The number of carbonyl (C=O) groups is 2. The van der Waals surface area contributed by atoms with E-state index in [-0.39, 0.29) is 22.9 Å². The van der Waals surface area contributed by atoms with Crippen molar-refractivity contribution in [3.05, 3.63) is 45.9 Å². The van der Waals surface area contributed by atoms with Gasteiger partial charge in [-0.1, -0.05) is 11.6 Å². The van der Waals surface area contributed by atoms with Crippen molar-refractivity contribution in [2.75, 3.05) is 7.05 Å². The van der Waals surface area contributed by atoms with Crippen LogP contribution in [0, 0.1) is 11.2 Å². The van der Waals surface area contributed by atoms with Gasteiger partial charge in [0, 0.05) is 24.3 Å². The first-order valence-electron chi connectivity index (χ1n) is 5.66. The van der Waals surface area contributed by atoms with Crippen LogP contribution in [-0.2, 0) is 4.79 Å². The highest BCUT2D eigenvalue weighted by molar-refractivity contribution is 6.49. The zero-order valence-corrected chi connectivity index (χ0v) is 11.8. The van der Waals surface area contributed by atoms with E-state index >= 15 is 0 Å². The minimum absolute atomic E-state index is 0.136. The Morgan fingerprint density at radius 2 is 1.95 bits per heavy atom. The van der Waals surface area contributed by atoms with Gasteiger partial charge in [0.15, 0.2) is 6.29 Å². The topological polar surface area (TPSA) is 70.0 Å². The largest absolute Gasteiger partial charge is 0.431 e. The Kier molecular flexibility index (Phi) is 5.43. The molecule has 0 bridgehead atoms. The van der Waals surface area contributed by atoms with Crippen LogP contribution in [0.25, 0.3) is 0 Å². The highest BCUT2D eigenvalue weighted by Crippen LogP contribution is 2.24. The second-order valence-electron chi connectivity index (χ2n) is 4.02. The standard InChI is InChI=1S/C13H9ClF4N2O2/c1-20-11(13(16,17)18)4-10(22)12(19)7-2-6(5-21)8(14)3-9(7)15/h2-5,19-20H,1H3/b11-4-,19-12?. The quantitative estimate of drug-likeness (QED) is 0.376. The van der Waals surface area contributed by atoms with Gasteiger partial charge in [0.05, 0.1) is 5.02 Å². The number of rotatable bonds is 5. The molecule has 1 rings (SSSR count). The lowest BCUT2D eigenvalue weighted by Crippen LogP contribution is -2.26. The molecule has 0 fully saturated rings. The number of ketones is 1. The number of nitrogens with one attached hydrogen (secondary N) is 2. The molecule has 0 atom stereocenters. The molecule has 2 N–H and O–H groups in total. The van der Waals surface area contributed by atoms with Crippen LogP contribution in [0.3, 0.4) is 0 Å². The second kappa shape index (κ2) is 6.69. The molecule has 0 heterocycles. The maximum absolute atomic E-state index is 13.7. The van der Waals surface area contributed by atoms with Gasteiger partial charge in [-0.3, -0.25) is 15.0 Å². The molecule has 0 unspecified atom stereocenters. The molecule has 0 saturated carbocycles. The highest BCUT2D eigenvalue weighted by atomic mass is 35.5. The van der Waals surface area contributed by atoms with Crippen molar-refractivity contribution in [1.82, 2.24) is 5.32 Å². The van der Waals surface area contributed by atoms with Crippen molar-refractivity contribution in [2.24, 2.45) is 0 Å². The summed E-state index contributed by atoms with van der Waals surface area (Å²) in [6.45, 7) is 0. The van der Waals surface area contributed by atoms with Crippen LogP contribution < -0.4 is 5.32 Å². The van der Waals surface area contributed by atoms with E-state index in [0.717, 1.165) is 13.1 Å². The molecule has 118 valence electrons. The molecular formula is C13H9ClF4N2O2. The van der Waals surface area contributed by atoms with Crippen LogP contribution >= 0.6 is 11.6 Å². The number of carbonyl (C=O) groups excluding carboxylic acids is 2. The van der Waals surface area contributed by atoms with E-state index in [4.69, 9.17) is 17.0 Å².